The minimum atomic E-state index is -3.63. The molecule has 0 atom stereocenters. The van der Waals surface area contributed by atoms with Crippen LogP contribution in [-0.4, -0.2) is 73.5 Å². The summed E-state index contributed by atoms with van der Waals surface area (Å²) in [5, 5.41) is 3.25. The Bertz CT molecular complexity index is 2380. The largest absolute Gasteiger partial charge is 0.465 e. The number of nitrogens with zero attached hydrogens (tertiary/aromatic N) is 1. The Kier molecular flexibility index (Phi) is 18.3. The van der Waals surface area contributed by atoms with Gasteiger partial charge in [0.1, 0.15) is 17.2 Å². The first-order chi connectivity index (χ1) is 30.4. The second kappa shape index (κ2) is 23.8. The molecule has 63 heavy (non-hydrogen) atoms. The first kappa shape index (κ1) is 48.5. The highest BCUT2D eigenvalue weighted by atomic mass is 32.2. The van der Waals surface area contributed by atoms with Gasteiger partial charge < -0.3 is 28.7 Å². The van der Waals surface area contributed by atoms with E-state index in [1.165, 1.54) is 63.2 Å². The van der Waals surface area contributed by atoms with Crippen molar-refractivity contribution in [1.29, 1.82) is 0 Å². The van der Waals surface area contributed by atoms with E-state index >= 15 is 0 Å². The van der Waals surface area contributed by atoms with Gasteiger partial charge in [0, 0.05) is 43.8 Å². The molecule has 0 saturated heterocycles. The summed E-state index contributed by atoms with van der Waals surface area (Å²) in [7, 11) is 0.626. The van der Waals surface area contributed by atoms with Crippen molar-refractivity contribution >= 4 is 44.5 Å². The Morgan fingerprint density at radius 1 is 0.762 bits per heavy atom. The summed E-state index contributed by atoms with van der Waals surface area (Å²) in [5.74, 6) is -0.955. The molecular formula is C49H59FN2O10S. The molecule has 0 spiro atoms. The number of nitrogens with one attached hydrogen (secondary N) is 1. The van der Waals surface area contributed by atoms with Gasteiger partial charge >= 0.3 is 11.9 Å². The number of sulfonamides is 1. The molecule has 0 aliphatic heterocycles. The van der Waals surface area contributed by atoms with Crippen LogP contribution in [0.1, 0.15) is 118 Å². The van der Waals surface area contributed by atoms with Crippen LogP contribution in [0.2, 0.25) is 0 Å². The molecule has 1 amide bonds. The predicted octanol–water partition coefficient (Wildman–Crippen LogP) is 9.99. The summed E-state index contributed by atoms with van der Waals surface area (Å²) in [4.78, 5) is 35.8. The molecule has 1 saturated carbocycles. The Morgan fingerprint density at radius 2 is 1.30 bits per heavy atom. The number of rotatable bonds is 22. The molecule has 1 aromatic heterocycles. The molecule has 14 heteroatoms. The van der Waals surface area contributed by atoms with Gasteiger partial charge in [-0.15, -0.1) is 0 Å². The lowest BCUT2D eigenvalue weighted by molar-refractivity contribution is 0.0591. The number of methoxy groups -OCH3 is 2. The molecule has 12 nitrogen and oxygen atoms in total. The third-order valence-corrected chi connectivity index (χ3v) is 11.8. The van der Waals surface area contributed by atoms with E-state index in [9.17, 15) is 27.2 Å². The van der Waals surface area contributed by atoms with Crippen LogP contribution < -0.4 is 9.62 Å². The second-order valence-electron chi connectivity index (χ2n) is 15.5. The van der Waals surface area contributed by atoms with E-state index in [2.05, 4.69) is 17.0 Å². The van der Waals surface area contributed by atoms with Gasteiger partial charge in [0.25, 0.3) is 5.91 Å². The predicted molar refractivity (Wildman–Crippen MR) is 242 cm³/mol. The summed E-state index contributed by atoms with van der Waals surface area (Å²) in [6.07, 6.45) is 10.1. The fourth-order valence-corrected chi connectivity index (χ4v) is 8.04. The average molecular weight is 887 g/mol. The van der Waals surface area contributed by atoms with Crippen molar-refractivity contribution in [3.63, 3.8) is 0 Å². The zero-order valence-corrected chi connectivity index (χ0v) is 37.7. The van der Waals surface area contributed by atoms with Crippen molar-refractivity contribution in [2.24, 2.45) is 0 Å². The molecule has 5 aromatic rings. The highest BCUT2D eigenvalue weighted by Crippen LogP contribution is 2.48. The average Bonchev–Trinajstić information content (AvgIpc) is 4.07. The topological polar surface area (TPSA) is 151 Å². The second-order valence-corrected chi connectivity index (χ2v) is 17.4. The number of anilines is 1. The standard InChI is InChI=1S/C34H37FN2O7S.C15H22O3/c1-36-33(38)31-28-19-27(23-11-12-23)29(20-30(28)44-32(31)24-13-15-26(35)16-14-24)37(45(3,40)41)17-5-4-6-18-43-21-22-7-9-25(10-8-22)34(39)42-2;1-3-4-5-6-11-18-12-13-7-9-14(10-8-13)15(16)17-2/h7-10,13-16,19-20,23H,4-6,11-12,17-18,21H2,1-3H3,(H,36,38);7-10H,3-6,11-12H2,1-2H3. The smallest absolute Gasteiger partial charge is 0.337 e. The van der Waals surface area contributed by atoms with Gasteiger partial charge in [-0.05, 0) is 116 Å². The quantitative estimate of drug-likeness (QED) is 0.0525. The number of benzene rings is 4. The van der Waals surface area contributed by atoms with Gasteiger partial charge in [0.15, 0.2) is 0 Å². The Balaban J connectivity index is 0.000000349. The maximum absolute atomic E-state index is 13.6. The van der Waals surface area contributed by atoms with Crippen molar-refractivity contribution in [3.8, 4) is 11.3 Å². The van der Waals surface area contributed by atoms with Crippen LogP contribution in [0.4, 0.5) is 10.1 Å². The summed E-state index contributed by atoms with van der Waals surface area (Å²) < 4.78 is 68.2. The molecule has 0 unspecified atom stereocenters. The Labute approximate surface area is 370 Å². The summed E-state index contributed by atoms with van der Waals surface area (Å²) in [5.41, 5.74) is 5.75. The number of carbonyl (C=O) groups excluding carboxylic acids is 3. The van der Waals surface area contributed by atoms with Crippen LogP contribution in [0.25, 0.3) is 22.3 Å². The highest BCUT2D eigenvalue weighted by Gasteiger charge is 2.33. The van der Waals surface area contributed by atoms with E-state index in [1.807, 2.05) is 30.3 Å². The van der Waals surface area contributed by atoms with Crippen LogP contribution >= 0.6 is 0 Å². The summed E-state index contributed by atoms with van der Waals surface area (Å²) in [6, 6.07) is 23.7. The van der Waals surface area contributed by atoms with E-state index < -0.39 is 15.8 Å². The molecule has 338 valence electrons. The number of ether oxygens (including phenoxy) is 4. The van der Waals surface area contributed by atoms with E-state index in [1.54, 1.807) is 42.5 Å². The van der Waals surface area contributed by atoms with Gasteiger partial charge in [-0.25, -0.2) is 22.4 Å². The van der Waals surface area contributed by atoms with Crippen LogP contribution in [-0.2, 0) is 42.2 Å². The minimum Gasteiger partial charge on any atom is -0.465 e. The summed E-state index contributed by atoms with van der Waals surface area (Å²) in [6.45, 7) is 4.81. The minimum absolute atomic E-state index is 0.186. The molecule has 4 aromatic carbocycles. The molecule has 0 bridgehead atoms. The molecule has 6 rings (SSSR count). The SMILES string of the molecule is CCCCCCOCc1ccc(C(=O)OC)cc1.CNC(=O)c1c(-c2ccc(F)cc2)oc2cc(N(CCCCCOCc3ccc(C(=O)OC)cc3)S(C)(=O)=O)c(C3CC3)cc12. The van der Waals surface area contributed by atoms with Crippen molar-refractivity contribution in [2.75, 3.05) is 51.6 Å². The third-order valence-electron chi connectivity index (χ3n) is 10.7. The molecule has 1 fully saturated rings. The number of hydrogen-bond donors (Lipinski definition) is 1. The fraction of sp³-hybridized carbons (Fsp3) is 0.408. The van der Waals surface area contributed by atoms with Gasteiger partial charge in [0.05, 0.1) is 56.1 Å². The van der Waals surface area contributed by atoms with E-state index in [0.717, 1.165) is 55.4 Å². The molecule has 1 aliphatic carbocycles. The van der Waals surface area contributed by atoms with Gasteiger partial charge in [0.2, 0.25) is 10.0 Å². The van der Waals surface area contributed by atoms with Crippen LogP contribution in [0.3, 0.4) is 0 Å². The van der Waals surface area contributed by atoms with Crippen LogP contribution in [0.15, 0.2) is 89.3 Å². The first-order valence-electron chi connectivity index (χ1n) is 21.4. The number of carbonyl (C=O) groups is 3. The van der Waals surface area contributed by atoms with Crippen molar-refractivity contribution in [2.45, 2.75) is 83.8 Å². The van der Waals surface area contributed by atoms with Gasteiger partial charge in [-0.2, -0.15) is 0 Å². The maximum atomic E-state index is 13.6. The molecule has 0 radical (unpaired) electrons. The molecule has 1 N–H and O–H groups in total. The lowest BCUT2D eigenvalue weighted by Crippen LogP contribution is -2.31. The van der Waals surface area contributed by atoms with E-state index in [4.69, 9.17) is 18.6 Å². The van der Waals surface area contributed by atoms with Gasteiger partial charge in [-0.1, -0.05) is 50.5 Å². The first-order valence-corrected chi connectivity index (χ1v) is 23.3. The zero-order chi connectivity index (χ0) is 45.4. The monoisotopic (exact) mass is 886 g/mol. The van der Waals surface area contributed by atoms with Crippen molar-refractivity contribution in [1.82, 2.24) is 5.32 Å². The lowest BCUT2D eigenvalue weighted by atomic mass is 10.0. The number of unbranched alkanes of at least 4 members (excludes halogenated alkanes) is 5. The normalized spacial score (nSPS) is 12.3. The van der Waals surface area contributed by atoms with Crippen molar-refractivity contribution in [3.05, 3.63) is 124 Å². The van der Waals surface area contributed by atoms with E-state index in [-0.39, 0.29) is 30.3 Å². The number of amides is 1. The number of halogens is 1. The highest BCUT2D eigenvalue weighted by molar-refractivity contribution is 7.92. The maximum Gasteiger partial charge on any atom is 0.337 e. The number of esters is 2. The fourth-order valence-electron chi connectivity index (χ4n) is 7.06. The number of furan rings is 1. The zero-order valence-electron chi connectivity index (χ0n) is 36.9. The van der Waals surface area contributed by atoms with Crippen LogP contribution in [0, 0.1) is 5.82 Å². The number of fused-ring (bicyclic) bond motifs is 1. The summed E-state index contributed by atoms with van der Waals surface area (Å²) >= 11 is 0. The van der Waals surface area contributed by atoms with Crippen molar-refractivity contribution < 1.29 is 50.6 Å². The number of hydrogen-bond acceptors (Lipinski definition) is 10. The van der Waals surface area contributed by atoms with Crippen LogP contribution in [0.5, 0.6) is 0 Å². The molecular weight excluding hydrogens is 828 g/mol. The Hall–Kier alpha value is -5.57. The van der Waals surface area contributed by atoms with E-state index in [0.29, 0.717) is 70.9 Å². The molecule has 1 aliphatic rings. The third kappa shape index (κ3) is 14.0. The lowest BCUT2D eigenvalue weighted by Gasteiger charge is -2.25. The van der Waals surface area contributed by atoms with Gasteiger partial charge in [-0.3, -0.25) is 9.10 Å². The molecule has 1 heterocycles. The Morgan fingerprint density at radius 3 is 1.78 bits per heavy atom.